The van der Waals surface area contributed by atoms with Crippen molar-refractivity contribution in [3.05, 3.63) is 72.3 Å². The largest absolute Gasteiger partial charge is 0.455 e. The van der Waals surface area contributed by atoms with Gasteiger partial charge in [0.2, 0.25) is 0 Å². The molecule has 0 aliphatic heterocycles. The first kappa shape index (κ1) is 12.8. The standard InChI is InChI=1S/C20H14O2/c1-13(21)14-9-11-15(12-10-14)16-6-4-7-18-17-5-2-3-8-19(17)22-20(16)18/h2-12H,1H3. The first-order chi connectivity index (χ1) is 10.7. The number of furan rings is 1. The molecule has 2 heteroatoms. The minimum absolute atomic E-state index is 0.0773. The van der Waals surface area contributed by atoms with E-state index in [-0.39, 0.29) is 5.78 Å². The average Bonchev–Trinajstić information content (AvgIpc) is 2.93. The van der Waals surface area contributed by atoms with E-state index < -0.39 is 0 Å². The number of carbonyl (C=O) groups excluding carboxylic acids is 1. The molecule has 2 nitrogen and oxygen atoms in total. The topological polar surface area (TPSA) is 30.2 Å². The van der Waals surface area contributed by atoms with Gasteiger partial charge in [0.15, 0.2) is 5.78 Å². The zero-order valence-electron chi connectivity index (χ0n) is 12.2. The molecule has 0 aliphatic carbocycles. The number of hydrogen-bond donors (Lipinski definition) is 0. The number of hydrogen-bond acceptors (Lipinski definition) is 2. The fourth-order valence-corrected chi connectivity index (χ4v) is 2.86. The zero-order valence-corrected chi connectivity index (χ0v) is 12.2. The van der Waals surface area contributed by atoms with Gasteiger partial charge in [0.1, 0.15) is 11.2 Å². The summed E-state index contributed by atoms with van der Waals surface area (Å²) in [4.78, 5) is 11.4. The summed E-state index contributed by atoms with van der Waals surface area (Å²) in [7, 11) is 0. The van der Waals surface area contributed by atoms with Gasteiger partial charge < -0.3 is 4.42 Å². The molecule has 0 aliphatic rings. The minimum atomic E-state index is 0.0773. The van der Waals surface area contributed by atoms with E-state index in [0.29, 0.717) is 0 Å². The molecule has 1 aromatic heterocycles. The second kappa shape index (κ2) is 4.85. The Bertz CT molecular complexity index is 991. The number of fused-ring (bicyclic) bond motifs is 3. The van der Waals surface area contributed by atoms with Crippen molar-refractivity contribution < 1.29 is 9.21 Å². The van der Waals surface area contributed by atoms with E-state index >= 15 is 0 Å². The Hall–Kier alpha value is -2.87. The third kappa shape index (κ3) is 1.92. The maximum atomic E-state index is 11.4. The van der Waals surface area contributed by atoms with Crippen LogP contribution in [-0.2, 0) is 0 Å². The van der Waals surface area contributed by atoms with Crippen LogP contribution in [0.5, 0.6) is 0 Å². The fourth-order valence-electron chi connectivity index (χ4n) is 2.86. The molecule has 106 valence electrons. The number of Topliss-reactive ketones (excluding diaryl/α,β-unsaturated/α-hetero) is 1. The molecular formula is C20H14O2. The lowest BCUT2D eigenvalue weighted by Gasteiger charge is -2.03. The second-order valence-electron chi connectivity index (χ2n) is 5.41. The van der Waals surface area contributed by atoms with Crippen molar-refractivity contribution in [2.45, 2.75) is 6.92 Å². The number of para-hydroxylation sites is 2. The van der Waals surface area contributed by atoms with Crippen molar-refractivity contribution in [1.29, 1.82) is 0 Å². The first-order valence-corrected chi connectivity index (χ1v) is 7.26. The maximum Gasteiger partial charge on any atom is 0.159 e. The van der Waals surface area contributed by atoms with Gasteiger partial charge >= 0.3 is 0 Å². The predicted octanol–water partition coefficient (Wildman–Crippen LogP) is 5.46. The highest BCUT2D eigenvalue weighted by atomic mass is 16.3. The summed E-state index contributed by atoms with van der Waals surface area (Å²) < 4.78 is 6.05. The monoisotopic (exact) mass is 286 g/mol. The molecule has 0 bridgehead atoms. The molecular weight excluding hydrogens is 272 g/mol. The van der Waals surface area contributed by atoms with Crippen LogP contribution in [0.3, 0.4) is 0 Å². The molecule has 4 rings (SSSR count). The van der Waals surface area contributed by atoms with Crippen molar-refractivity contribution in [3.8, 4) is 11.1 Å². The van der Waals surface area contributed by atoms with Crippen LogP contribution in [-0.4, -0.2) is 5.78 Å². The van der Waals surface area contributed by atoms with Gasteiger partial charge in [-0.15, -0.1) is 0 Å². The van der Waals surface area contributed by atoms with Crippen molar-refractivity contribution in [2.24, 2.45) is 0 Å². The molecule has 0 amide bonds. The molecule has 1 heterocycles. The minimum Gasteiger partial charge on any atom is -0.455 e. The summed E-state index contributed by atoms with van der Waals surface area (Å²) in [6.45, 7) is 1.58. The van der Waals surface area contributed by atoms with Crippen molar-refractivity contribution in [1.82, 2.24) is 0 Å². The fraction of sp³-hybridized carbons (Fsp3) is 0.0500. The van der Waals surface area contributed by atoms with E-state index in [1.807, 2.05) is 54.6 Å². The van der Waals surface area contributed by atoms with Gasteiger partial charge in [-0.1, -0.05) is 60.7 Å². The smallest absolute Gasteiger partial charge is 0.159 e. The van der Waals surface area contributed by atoms with Gasteiger partial charge in [0, 0.05) is 21.9 Å². The molecule has 22 heavy (non-hydrogen) atoms. The third-order valence-electron chi connectivity index (χ3n) is 4.01. The SMILES string of the molecule is CC(=O)c1ccc(-c2cccc3c2oc2ccccc23)cc1. The number of carbonyl (C=O) groups is 1. The third-order valence-corrected chi connectivity index (χ3v) is 4.01. The number of rotatable bonds is 2. The molecule has 0 spiro atoms. The zero-order chi connectivity index (χ0) is 15.1. The van der Waals surface area contributed by atoms with Crippen LogP contribution in [0.15, 0.2) is 71.1 Å². The van der Waals surface area contributed by atoms with Crippen LogP contribution < -0.4 is 0 Å². The predicted molar refractivity (Wildman–Crippen MR) is 89.2 cm³/mol. The van der Waals surface area contributed by atoms with Crippen LogP contribution in [0.1, 0.15) is 17.3 Å². The summed E-state index contributed by atoms with van der Waals surface area (Å²) in [6, 6.07) is 21.9. The number of ketones is 1. The normalized spacial score (nSPS) is 11.1. The molecule has 3 aromatic carbocycles. The van der Waals surface area contributed by atoms with Gasteiger partial charge in [0.25, 0.3) is 0 Å². The lowest BCUT2D eigenvalue weighted by Crippen LogP contribution is -1.90. The maximum absolute atomic E-state index is 11.4. The highest BCUT2D eigenvalue weighted by Gasteiger charge is 2.11. The van der Waals surface area contributed by atoms with Crippen LogP contribution in [0.2, 0.25) is 0 Å². The van der Waals surface area contributed by atoms with E-state index in [1.165, 1.54) is 0 Å². The van der Waals surface area contributed by atoms with Gasteiger partial charge in [0.05, 0.1) is 0 Å². The van der Waals surface area contributed by atoms with Crippen LogP contribution >= 0.6 is 0 Å². The van der Waals surface area contributed by atoms with Crippen LogP contribution in [0.25, 0.3) is 33.1 Å². The van der Waals surface area contributed by atoms with Crippen molar-refractivity contribution in [2.75, 3.05) is 0 Å². The van der Waals surface area contributed by atoms with E-state index in [1.54, 1.807) is 6.92 Å². The Kier molecular flexibility index (Phi) is 2.83. The van der Waals surface area contributed by atoms with Crippen LogP contribution in [0.4, 0.5) is 0 Å². The first-order valence-electron chi connectivity index (χ1n) is 7.26. The van der Waals surface area contributed by atoms with Gasteiger partial charge in [-0.3, -0.25) is 4.79 Å². The highest BCUT2D eigenvalue weighted by Crippen LogP contribution is 2.35. The van der Waals surface area contributed by atoms with E-state index in [0.717, 1.165) is 38.6 Å². The molecule has 0 radical (unpaired) electrons. The number of benzene rings is 3. The highest BCUT2D eigenvalue weighted by molar-refractivity contribution is 6.09. The summed E-state index contributed by atoms with van der Waals surface area (Å²) in [6.07, 6.45) is 0. The van der Waals surface area contributed by atoms with Gasteiger partial charge in [-0.2, -0.15) is 0 Å². The molecule has 4 aromatic rings. The molecule has 0 fully saturated rings. The molecule has 0 saturated carbocycles. The second-order valence-corrected chi connectivity index (χ2v) is 5.41. The van der Waals surface area contributed by atoms with E-state index in [4.69, 9.17) is 4.42 Å². The molecule has 0 N–H and O–H groups in total. The lowest BCUT2D eigenvalue weighted by molar-refractivity contribution is 0.101. The Balaban J connectivity index is 1.96. The van der Waals surface area contributed by atoms with E-state index in [2.05, 4.69) is 12.1 Å². The molecule has 0 saturated heterocycles. The Morgan fingerprint density at radius 3 is 2.32 bits per heavy atom. The van der Waals surface area contributed by atoms with Crippen molar-refractivity contribution in [3.63, 3.8) is 0 Å². The average molecular weight is 286 g/mol. The Morgan fingerprint density at radius 1 is 0.818 bits per heavy atom. The van der Waals surface area contributed by atoms with Crippen LogP contribution in [0, 0.1) is 0 Å². The summed E-state index contributed by atoms with van der Waals surface area (Å²) in [5.74, 6) is 0.0773. The Labute approximate surface area is 128 Å². The summed E-state index contributed by atoms with van der Waals surface area (Å²) in [5, 5.41) is 2.24. The Morgan fingerprint density at radius 2 is 1.55 bits per heavy atom. The lowest BCUT2D eigenvalue weighted by atomic mass is 10.0. The molecule has 0 atom stereocenters. The summed E-state index contributed by atoms with van der Waals surface area (Å²) >= 11 is 0. The molecule has 0 unspecified atom stereocenters. The van der Waals surface area contributed by atoms with Gasteiger partial charge in [-0.05, 0) is 18.6 Å². The van der Waals surface area contributed by atoms with Gasteiger partial charge in [-0.25, -0.2) is 0 Å². The van der Waals surface area contributed by atoms with Crippen molar-refractivity contribution >= 4 is 27.7 Å². The van der Waals surface area contributed by atoms with E-state index in [9.17, 15) is 4.79 Å². The quantitative estimate of drug-likeness (QED) is 0.458. The summed E-state index contributed by atoms with van der Waals surface area (Å²) in [5.41, 5.74) is 4.60.